The minimum Gasteiger partial charge on any atom is -0.392 e. The van der Waals surface area contributed by atoms with Crippen molar-refractivity contribution in [2.24, 2.45) is 23.0 Å². The second-order valence-corrected chi connectivity index (χ2v) is 7.46. The van der Waals surface area contributed by atoms with E-state index < -0.39 is 5.41 Å². The van der Waals surface area contributed by atoms with E-state index >= 15 is 0 Å². The minimum atomic E-state index is -0.557. The molecule has 1 aliphatic heterocycles. The summed E-state index contributed by atoms with van der Waals surface area (Å²) in [6, 6.07) is 0.298. The predicted molar refractivity (Wildman–Crippen MR) is 86.4 cm³/mol. The smallest absolute Gasteiger partial charge is 0.235 e. The van der Waals surface area contributed by atoms with Crippen LogP contribution < -0.4 is 5.73 Å². The molecule has 4 heteroatoms. The first kappa shape index (κ1) is 15.7. The number of thiocarbonyl (C=S) groups is 1. The molecule has 1 saturated heterocycles. The maximum absolute atomic E-state index is 13.2. The van der Waals surface area contributed by atoms with Crippen molar-refractivity contribution in [2.45, 2.75) is 65.3 Å². The van der Waals surface area contributed by atoms with E-state index in [-0.39, 0.29) is 5.91 Å². The van der Waals surface area contributed by atoms with Crippen molar-refractivity contribution in [1.29, 1.82) is 0 Å². The van der Waals surface area contributed by atoms with Crippen molar-refractivity contribution in [2.75, 3.05) is 6.54 Å². The van der Waals surface area contributed by atoms with Gasteiger partial charge in [-0.1, -0.05) is 45.3 Å². The fourth-order valence-electron chi connectivity index (χ4n) is 3.98. The lowest BCUT2D eigenvalue weighted by atomic mass is 9.71. The van der Waals surface area contributed by atoms with Crippen LogP contribution in [0.2, 0.25) is 0 Å². The van der Waals surface area contributed by atoms with Gasteiger partial charge >= 0.3 is 0 Å². The molecule has 20 heavy (non-hydrogen) atoms. The Morgan fingerprint density at radius 3 is 2.35 bits per heavy atom. The van der Waals surface area contributed by atoms with E-state index in [0.717, 1.165) is 32.2 Å². The van der Waals surface area contributed by atoms with Crippen LogP contribution in [0.3, 0.4) is 0 Å². The van der Waals surface area contributed by atoms with Crippen molar-refractivity contribution < 1.29 is 4.79 Å². The van der Waals surface area contributed by atoms with Gasteiger partial charge < -0.3 is 10.6 Å². The lowest BCUT2D eigenvalue weighted by Crippen LogP contribution is -2.57. The van der Waals surface area contributed by atoms with Gasteiger partial charge in [0, 0.05) is 12.6 Å². The average Bonchev–Trinajstić information content (AvgIpc) is 2.42. The van der Waals surface area contributed by atoms with Gasteiger partial charge in [0.25, 0.3) is 0 Å². The van der Waals surface area contributed by atoms with Gasteiger partial charge in [-0.25, -0.2) is 0 Å². The van der Waals surface area contributed by atoms with E-state index in [1.54, 1.807) is 0 Å². The van der Waals surface area contributed by atoms with Crippen molar-refractivity contribution in [3.05, 3.63) is 0 Å². The highest BCUT2D eigenvalue weighted by Crippen LogP contribution is 2.40. The van der Waals surface area contributed by atoms with E-state index in [1.807, 2.05) is 0 Å². The first-order valence-corrected chi connectivity index (χ1v) is 8.40. The summed E-state index contributed by atoms with van der Waals surface area (Å²) < 4.78 is 0. The Morgan fingerprint density at radius 2 is 1.80 bits per heavy atom. The van der Waals surface area contributed by atoms with E-state index in [4.69, 9.17) is 18.0 Å². The number of likely N-dealkylation sites (tertiary alicyclic amines) is 1. The molecular weight excluding hydrogens is 268 g/mol. The number of amides is 1. The zero-order chi connectivity index (χ0) is 14.9. The average molecular weight is 296 g/mol. The van der Waals surface area contributed by atoms with Crippen LogP contribution in [0.5, 0.6) is 0 Å². The van der Waals surface area contributed by atoms with Crippen molar-refractivity contribution >= 4 is 23.1 Å². The molecule has 0 bridgehead atoms. The molecule has 1 amide bonds. The maximum Gasteiger partial charge on any atom is 0.235 e. The van der Waals surface area contributed by atoms with Gasteiger partial charge in [0.1, 0.15) is 0 Å². The molecule has 3 nitrogen and oxygen atoms in total. The highest BCUT2D eigenvalue weighted by atomic mass is 32.1. The number of hydrogen-bond donors (Lipinski definition) is 1. The second-order valence-electron chi connectivity index (χ2n) is 7.02. The molecule has 114 valence electrons. The Labute approximate surface area is 128 Å². The van der Waals surface area contributed by atoms with Gasteiger partial charge in [-0.05, 0) is 38.0 Å². The third-order valence-corrected chi connectivity index (χ3v) is 5.84. The molecule has 2 fully saturated rings. The zero-order valence-electron chi connectivity index (χ0n) is 13.0. The topological polar surface area (TPSA) is 46.3 Å². The van der Waals surface area contributed by atoms with Gasteiger partial charge in [0.2, 0.25) is 5.91 Å². The minimum absolute atomic E-state index is 0.204. The lowest BCUT2D eigenvalue weighted by Gasteiger charge is -2.46. The largest absolute Gasteiger partial charge is 0.392 e. The SMILES string of the molecule is CC1CC(C)C(C)N(C(=O)C2(C(N)=S)CCCCC2)C1. The van der Waals surface area contributed by atoms with Gasteiger partial charge in [-0.2, -0.15) is 0 Å². The molecule has 1 aliphatic carbocycles. The van der Waals surface area contributed by atoms with Crippen molar-refractivity contribution in [3.63, 3.8) is 0 Å². The predicted octanol–water partition coefficient (Wildman–Crippen LogP) is 3.12. The summed E-state index contributed by atoms with van der Waals surface area (Å²) in [5.41, 5.74) is 5.45. The summed E-state index contributed by atoms with van der Waals surface area (Å²) in [4.78, 5) is 15.7. The molecule has 0 aromatic heterocycles. The Kier molecular flexibility index (Phi) is 4.73. The fraction of sp³-hybridized carbons (Fsp3) is 0.875. The molecule has 2 aliphatic rings. The Morgan fingerprint density at radius 1 is 1.20 bits per heavy atom. The molecule has 1 heterocycles. The van der Waals surface area contributed by atoms with Gasteiger partial charge in [0.05, 0.1) is 10.4 Å². The van der Waals surface area contributed by atoms with Gasteiger partial charge in [-0.15, -0.1) is 0 Å². The van der Waals surface area contributed by atoms with Crippen LogP contribution in [0.1, 0.15) is 59.3 Å². The molecule has 2 N–H and O–H groups in total. The highest BCUT2D eigenvalue weighted by Gasteiger charge is 2.47. The Hall–Kier alpha value is -0.640. The molecule has 3 atom stereocenters. The van der Waals surface area contributed by atoms with Crippen LogP contribution in [0.15, 0.2) is 0 Å². The number of carbonyl (C=O) groups is 1. The quantitative estimate of drug-likeness (QED) is 0.796. The number of piperidine rings is 1. The number of rotatable bonds is 2. The summed E-state index contributed by atoms with van der Waals surface area (Å²) in [7, 11) is 0. The molecule has 0 radical (unpaired) electrons. The summed E-state index contributed by atoms with van der Waals surface area (Å²) in [6.45, 7) is 7.51. The van der Waals surface area contributed by atoms with E-state index in [0.29, 0.717) is 22.9 Å². The maximum atomic E-state index is 13.2. The summed E-state index contributed by atoms with van der Waals surface area (Å²) in [5.74, 6) is 1.32. The van der Waals surface area contributed by atoms with Crippen molar-refractivity contribution in [1.82, 2.24) is 4.90 Å². The van der Waals surface area contributed by atoms with Crippen LogP contribution >= 0.6 is 12.2 Å². The van der Waals surface area contributed by atoms with Crippen LogP contribution in [0.25, 0.3) is 0 Å². The number of carbonyl (C=O) groups excluding carboxylic acids is 1. The van der Waals surface area contributed by atoms with Crippen LogP contribution in [-0.4, -0.2) is 28.4 Å². The van der Waals surface area contributed by atoms with Crippen molar-refractivity contribution in [3.8, 4) is 0 Å². The van der Waals surface area contributed by atoms with Crippen LogP contribution in [0, 0.1) is 17.3 Å². The molecule has 0 spiro atoms. The van der Waals surface area contributed by atoms with Gasteiger partial charge in [-0.3, -0.25) is 4.79 Å². The van der Waals surface area contributed by atoms with E-state index in [2.05, 4.69) is 25.7 Å². The molecule has 2 rings (SSSR count). The number of nitrogens with zero attached hydrogens (tertiary/aromatic N) is 1. The molecule has 0 aromatic rings. The molecule has 0 aromatic carbocycles. The third kappa shape index (κ3) is 2.72. The fourth-order valence-corrected chi connectivity index (χ4v) is 4.27. The normalized spacial score (nSPS) is 33.8. The lowest BCUT2D eigenvalue weighted by molar-refractivity contribution is -0.145. The molecule has 1 saturated carbocycles. The summed E-state index contributed by atoms with van der Waals surface area (Å²) in [6.07, 6.45) is 6.21. The van der Waals surface area contributed by atoms with Crippen LogP contribution in [-0.2, 0) is 4.79 Å². The first-order chi connectivity index (χ1) is 9.38. The highest BCUT2D eigenvalue weighted by molar-refractivity contribution is 7.80. The first-order valence-electron chi connectivity index (χ1n) is 7.99. The second kappa shape index (κ2) is 6.00. The Bertz CT molecular complexity index is 390. The zero-order valence-corrected chi connectivity index (χ0v) is 13.8. The summed E-state index contributed by atoms with van der Waals surface area (Å²) >= 11 is 5.30. The number of nitrogens with two attached hydrogens (primary N) is 1. The van der Waals surface area contributed by atoms with E-state index in [9.17, 15) is 4.79 Å². The summed E-state index contributed by atoms with van der Waals surface area (Å²) in [5, 5.41) is 0. The Balaban J connectivity index is 2.25. The monoisotopic (exact) mass is 296 g/mol. The standard InChI is InChI=1S/C16H28N2OS/c1-11-9-12(2)13(3)18(10-11)15(19)16(14(17)20)7-5-4-6-8-16/h11-13H,4-10H2,1-3H3,(H2,17,20). The molecular formula is C16H28N2OS. The third-order valence-electron chi connectivity index (χ3n) is 5.45. The van der Waals surface area contributed by atoms with Gasteiger partial charge in [0.15, 0.2) is 0 Å². The van der Waals surface area contributed by atoms with Crippen LogP contribution in [0.4, 0.5) is 0 Å². The molecule has 3 unspecified atom stereocenters. The number of hydrogen-bond acceptors (Lipinski definition) is 2. The van der Waals surface area contributed by atoms with E-state index in [1.165, 1.54) is 12.8 Å².